The van der Waals surface area contributed by atoms with Crippen LogP contribution in [0.1, 0.15) is 48.0 Å². The van der Waals surface area contributed by atoms with Crippen molar-refractivity contribution in [3.8, 4) is 5.75 Å². The van der Waals surface area contributed by atoms with Crippen molar-refractivity contribution in [1.29, 1.82) is 0 Å². The number of rotatable bonds is 2. The molecule has 1 aromatic rings. The quantitative estimate of drug-likeness (QED) is 0.819. The molecule has 1 fully saturated rings. The van der Waals surface area contributed by atoms with E-state index < -0.39 is 0 Å². The van der Waals surface area contributed by atoms with Crippen LogP contribution in [-0.4, -0.2) is 19.4 Å². The second-order valence-corrected chi connectivity index (χ2v) is 4.74. The maximum Gasteiger partial charge on any atom is 0.150 e. The lowest BCUT2D eigenvalue weighted by molar-refractivity contribution is 0.112. The molecular weight excluding hydrogens is 226 g/mol. The summed E-state index contributed by atoms with van der Waals surface area (Å²) >= 11 is 0. The van der Waals surface area contributed by atoms with E-state index in [4.69, 9.17) is 10.5 Å². The maximum absolute atomic E-state index is 10.3. The van der Waals surface area contributed by atoms with Crippen LogP contribution in [0.15, 0.2) is 18.2 Å². The Bertz CT molecular complexity index is 371. The van der Waals surface area contributed by atoms with Gasteiger partial charge in [0.05, 0.1) is 7.11 Å². The predicted molar refractivity (Wildman–Crippen MR) is 74.2 cm³/mol. The van der Waals surface area contributed by atoms with Gasteiger partial charge in [-0.2, -0.15) is 0 Å². The molecule has 1 saturated carbocycles. The summed E-state index contributed by atoms with van der Waals surface area (Å²) in [6, 6.07) is 5.86. The summed E-state index contributed by atoms with van der Waals surface area (Å²) in [7, 11) is 1.61. The largest absolute Gasteiger partial charge is 0.496 e. The fraction of sp³-hybridized carbons (Fsp3) is 0.533. The summed E-state index contributed by atoms with van der Waals surface area (Å²) in [4.78, 5) is 10.3. The van der Waals surface area contributed by atoms with E-state index in [9.17, 15) is 4.79 Å². The lowest BCUT2D eigenvalue weighted by Crippen LogP contribution is -2.22. The summed E-state index contributed by atoms with van der Waals surface area (Å²) in [5.41, 5.74) is 7.30. The number of aldehydes is 1. The van der Waals surface area contributed by atoms with Crippen LogP contribution in [0, 0.1) is 6.92 Å². The van der Waals surface area contributed by atoms with Crippen LogP contribution in [0.2, 0.25) is 0 Å². The Kier molecular flexibility index (Phi) is 6.44. The molecule has 3 nitrogen and oxygen atoms in total. The highest BCUT2D eigenvalue weighted by Gasteiger charge is 2.06. The molecule has 1 aliphatic carbocycles. The second-order valence-electron chi connectivity index (χ2n) is 4.74. The Hall–Kier alpha value is -1.35. The first-order valence-corrected chi connectivity index (χ1v) is 6.52. The Balaban J connectivity index is 0.000000199. The third-order valence-corrected chi connectivity index (χ3v) is 3.20. The Morgan fingerprint density at radius 3 is 2.33 bits per heavy atom. The summed E-state index contributed by atoms with van der Waals surface area (Å²) in [5.74, 6) is 0.815. The lowest BCUT2D eigenvalue weighted by atomic mass is 9.97. The van der Waals surface area contributed by atoms with E-state index in [0.717, 1.165) is 17.6 Å². The molecule has 18 heavy (non-hydrogen) atoms. The standard InChI is InChI=1S/C9H10O2.C6H13N/c1-7-5-8(6-10)3-4-9(7)11-2;7-6-4-2-1-3-5-6/h3-6H,1-2H3;6H,1-5,7H2. The van der Waals surface area contributed by atoms with E-state index in [-0.39, 0.29) is 0 Å². The van der Waals surface area contributed by atoms with Crippen LogP contribution in [0.3, 0.4) is 0 Å². The molecule has 0 unspecified atom stereocenters. The van der Waals surface area contributed by atoms with Gasteiger partial charge in [0.2, 0.25) is 0 Å². The third-order valence-electron chi connectivity index (χ3n) is 3.20. The summed E-state index contributed by atoms with van der Waals surface area (Å²) in [6.07, 6.45) is 7.49. The molecule has 0 radical (unpaired) electrons. The molecule has 2 rings (SSSR count). The van der Waals surface area contributed by atoms with Crippen molar-refractivity contribution in [3.63, 3.8) is 0 Å². The van der Waals surface area contributed by atoms with Gasteiger partial charge in [0, 0.05) is 11.6 Å². The fourth-order valence-corrected chi connectivity index (χ4v) is 2.11. The van der Waals surface area contributed by atoms with E-state index in [1.165, 1.54) is 32.1 Å². The van der Waals surface area contributed by atoms with Gasteiger partial charge in [-0.25, -0.2) is 0 Å². The van der Waals surface area contributed by atoms with Crippen molar-refractivity contribution in [2.75, 3.05) is 7.11 Å². The van der Waals surface area contributed by atoms with E-state index in [1.807, 2.05) is 6.92 Å². The Morgan fingerprint density at radius 2 is 1.94 bits per heavy atom. The Morgan fingerprint density at radius 1 is 1.28 bits per heavy atom. The number of carbonyl (C=O) groups is 1. The van der Waals surface area contributed by atoms with E-state index >= 15 is 0 Å². The Labute approximate surface area is 109 Å². The summed E-state index contributed by atoms with van der Waals surface area (Å²) < 4.78 is 5.03. The molecule has 0 aromatic heterocycles. The molecule has 0 bridgehead atoms. The average Bonchev–Trinajstić information content (AvgIpc) is 2.40. The predicted octanol–water partition coefficient (Wildman–Crippen LogP) is 3.09. The molecule has 1 aliphatic rings. The van der Waals surface area contributed by atoms with Crippen LogP contribution in [-0.2, 0) is 0 Å². The SMILES string of the molecule is COc1ccc(C=O)cc1C.NC1CCCCC1. The number of hydrogen-bond acceptors (Lipinski definition) is 3. The van der Waals surface area contributed by atoms with E-state index in [1.54, 1.807) is 25.3 Å². The first kappa shape index (κ1) is 14.7. The second kappa shape index (κ2) is 7.88. The number of hydrogen-bond donors (Lipinski definition) is 1. The average molecular weight is 249 g/mol. The zero-order chi connectivity index (χ0) is 13.4. The van der Waals surface area contributed by atoms with Crippen LogP contribution in [0.4, 0.5) is 0 Å². The molecule has 0 spiro atoms. The van der Waals surface area contributed by atoms with Crippen LogP contribution in [0.5, 0.6) is 5.75 Å². The molecule has 0 heterocycles. The maximum atomic E-state index is 10.3. The van der Waals surface area contributed by atoms with Gasteiger partial charge in [-0.1, -0.05) is 19.3 Å². The summed E-state index contributed by atoms with van der Waals surface area (Å²) in [6.45, 7) is 1.91. The monoisotopic (exact) mass is 249 g/mol. The number of nitrogens with two attached hydrogens (primary N) is 1. The van der Waals surface area contributed by atoms with Crippen molar-refractivity contribution in [1.82, 2.24) is 0 Å². The van der Waals surface area contributed by atoms with Crippen molar-refractivity contribution >= 4 is 6.29 Å². The molecule has 100 valence electrons. The topological polar surface area (TPSA) is 52.3 Å². The van der Waals surface area contributed by atoms with Crippen LogP contribution in [0.25, 0.3) is 0 Å². The number of methoxy groups -OCH3 is 1. The summed E-state index contributed by atoms with van der Waals surface area (Å²) in [5, 5.41) is 0. The third kappa shape index (κ3) is 4.88. The minimum atomic E-state index is 0.536. The van der Waals surface area contributed by atoms with Crippen molar-refractivity contribution in [3.05, 3.63) is 29.3 Å². The molecule has 2 N–H and O–H groups in total. The van der Waals surface area contributed by atoms with Gasteiger partial charge in [-0.3, -0.25) is 4.79 Å². The highest BCUT2D eigenvalue weighted by Crippen LogP contribution is 2.17. The van der Waals surface area contributed by atoms with Gasteiger partial charge in [-0.15, -0.1) is 0 Å². The first-order valence-electron chi connectivity index (χ1n) is 6.52. The molecular formula is C15H23NO2. The van der Waals surface area contributed by atoms with E-state index in [2.05, 4.69) is 0 Å². The zero-order valence-corrected chi connectivity index (χ0v) is 11.3. The number of ether oxygens (including phenoxy) is 1. The van der Waals surface area contributed by atoms with E-state index in [0.29, 0.717) is 11.6 Å². The van der Waals surface area contributed by atoms with Gasteiger partial charge >= 0.3 is 0 Å². The minimum absolute atomic E-state index is 0.536. The van der Waals surface area contributed by atoms with Gasteiger partial charge in [-0.05, 0) is 43.5 Å². The van der Waals surface area contributed by atoms with Crippen molar-refractivity contribution in [2.45, 2.75) is 45.1 Å². The molecule has 0 aliphatic heterocycles. The zero-order valence-electron chi connectivity index (χ0n) is 11.3. The van der Waals surface area contributed by atoms with Gasteiger partial charge in [0.25, 0.3) is 0 Å². The minimum Gasteiger partial charge on any atom is -0.496 e. The molecule has 3 heteroatoms. The fourth-order valence-electron chi connectivity index (χ4n) is 2.11. The molecule has 0 amide bonds. The first-order chi connectivity index (χ1) is 8.67. The highest BCUT2D eigenvalue weighted by molar-refractivity contribution is 5.75. The van der Waals surface area contributed by atoms with Gasteiger partial charge in [0.1, 0.15) is 12.0 Å². The molecule has 0 atom stereocenters. The number of aryl methyl sites for hydroxylation is 1. The highest BCUT2D eigenvalue weighted by atomic mass is 16.5. The molecule has 0 saturated heterocycles. The number of benzene rings is 1. The van der Waals surface area contributed by atoms with Gasteiger partial charge < -0.3 is 10.5 Å². The van der Waals surface area contributed by atoms with Gasteiger partial charge in [0.15, 0.2) is 0 Å². The smallest absolute Gasteiger partial charge is 0.150 e. The number of carbonyl (C=O) groups excluding carboxylic acids is 1. The molecule has 1 aromatic carbocycles. The normalized spacial score (nSPS) is 15.5. The van der Waals surface area contributed by atoms with Crippen molar-refractivity contribution in [2.24, 2.45) is 5.73 Å². The van der Waals surface area contributed by atoms with Crippen molar-refractivity contribution < 1.29 is 9.53 Å². The van der Waals surface area contributed by atoms with Crippen LogP contribution >= 0.6 is 0 Å². The lowest BCUT2D eigenvalue weighted by Gasteiger charge is -2.15. The van der Waals surface area contributed by atoms with Crippen LogP contribution < -0.4 is 10.5 Å².